The Morgan fingerprint density at radius 2 is 1.71 bits per heavy atom. The Hall–Kier alpha value is -0.170. The predicted molar refractivity (Wildman–Crippen MR) is 66.4 cm³/mol. The van der Waals surface area contributed by atoms with Gasteiger partial charge in [-0.1, -0.05) is 0 Å². The van der Waals surface area contributed by atoms with Crippen LogP contribution in [0, 0.1) is 5.92 Å². The molecule has 2 rings (SSSR count). The minimum absolute atomic E-state index is 0.645. The number of hydrogen-bond acceptors (Lipinski definition) is 4. The van der Waals surface area contributed by atoms with Gasteiger partial charge < -0.3 is 4.74 Å². The van der Waals surface area contributed by atoms with Crippen LogP contribution in [0.1, 0.15) is 12.8 Å². The molecule has 0 aliphatic carbocycles. The van der Waals surface area contributed by atoms with Crippen LogP contribution in [0.25, 0.3) is 0 Å². The van der Waals surface area contributed by atoms with Crippen LogP contribution in [-0.4, -0.2) is 69.8 Å². The summed E-state index contributed by atoms with van der Waals surface area (Å²) in [5.74, 6) is 0.645. The number of piperidine rings is 1. The van der Waals surface area contributed by atoms with Crippen LogP contribution >= 0.6 is 0 Å². The second kappa shape index (κ2) is 5.65. The Labute approximate surface area is 104 Å². The van der Waals surface area contributed by atoms with Gasteiger partial charge in [-0.25, -0.2) is 12.7 Å². The summed E-state index contributed by atoms with van der Waals surface area (Å²) in [4.78, 5) is 2.43. The van der Waals surface area contributed by atoms with Crippen LogP contribution in [-0.2, 0) is 14.8 Å². The van der Waals surface area contributed by atoms with Crippen LogP contribution in [0.4, 0.5) is 0 Å². The molecule has 2 saturated heterocycles. The Balaban J connectivity index is 1.75. The van der Waals surface area contributed by atoms with Crippen molar-refractivity contribution in [2.24, 2.45) is 5.92 Å². The first-order chi connectivity index (χ1) is 8.05. The van der Waals surface area contributed by atoms with Crippen LogP contribution < -0.4 is 0 Å². The lowest BCUT2D eigenvalue weighted by Crippen LogP contribution is -2.44. The first-order valence-electron chi connectivity index (χ1n) is 6.31. The van der Waals surface area contributed by atoms with Gasteiger partial charge in [0.15, 0.2) is 0 Å². The maximum absolute atomic E-state index is 11.4. The quantitative estimate of drug-likeness (QED) is 0.718. The van der Waals surface area contributed by atoms with Gasteiger partial charge in [-0.15, -0.1) is 0 Å². The Kier molecular flexibility index (Phi) is 4.41. The fourth-order valence-corrected chi connectivity index (χ4v) is 3.45. The summed E-state index contributed by atoms with van der Waals surface area (Å²) in [6, 6.07) is 0. The van der Waals surface area contributed by atoms with Gasteiger partial charge in [0.2, 0.25) is 10.0 Å². The molecule has 2 heterocycles. The molecule has 0 radical (unpaired) electrons. The second-order valence-electron chi connectivity index (χ2n) is 5.02. The van der Waals surface area contributed by atoms with Gasteiger partial charge in [0.25, 0.3) is 0 Å². The zero-order chi connectivity index (χ0) is 12.3. The van der Waals surface area contributed by atoms with Gasteiger partial charge >= 0.3 is 0 Å². The van der Waals surface area contributed by atoms with E-state index in [0.717, 1.165) is 45.7 Å². The van der Waals surface area contributed by atoms with Gasteiger partial charge in [-0.2, -0.15) is 0 Å². The van der Waals surface area contributed by atoms with Gasteiger partial charge in [0.1, 0.15) is 0 Å². The highest BCUT2D eigenvalue weighted by molar-refractivity contribution is 7.88. The smallest absolute Gasteiger partial charge is 0.211 e. The van der Waals surface area contributed by atoms with E-state index >= 15 is 0 Å². The van der Waals surface area contributed by atoms with Crippen LogP contribution in [0.15, 0.2) is 0 Å². The third-order valence-electron chi connectivity index (χ3n) is 3.66. The second-order valence-corrected chi connectivity index (χ2v) is 7.00. The third kappa shape index (κ3) is 3.91. The van der Waals surface area contributed by atoms with E-state index in [9.17, 15) is 8.42 Å². The highest BCUT2D eigenvalue weighted by atomic mass is 32.2. The molecule has 0 aromatic rings. The molecule has 0 atom stereocenters. The van der Waals surface area contributed by atoms with E-state index in [1.165, 1.54) is 6.26 Å². The zero-order valence-electron chi connectivity index (χ0n) is 10.5. The van der Waals surface area contributed by atoms with E-state index in [0.29, 0.717) is 19.0 Å². The molecule has 0 bridgehead atoms. The van der Waals surface area contributed by atoms with Crippen molar-refractivity contribution in [2.45, 2.75) is 12.8 Å². The van der Waals surface area contributed by atoms with Gasteiger partial charge in [0.05, 0.1) is 19.5 Å². The lowest BCUT2D eigenvalue weighted by Gasteiger charge is -2.35. The molecule has 0 N–H and O–H groups in total. The zero-order valence-corrected chi connectivity index (χ0v) is 11.3. The summed E-state index contributed by atoms with van der Waals surface area (Å²) in [5, 5.41) is 0. The van der Waals surface area contributed by atoms with Crippen molar-refractivity contribution in [1.82, 2.24) is 9.21 Å². The summed E-state index contributed by atoms with van der Waals surface area (Å²) in [6.45, 7) is 6.19. The molecule has 0 amide bonds. The number of nitrogens with zero attached hydrogens (tertiary/aromatic N) is 2. The van der Waals surface area contributed by atoms with Crippen LogP contribution in [0.2, 0.25) is 0 Å². The largest absolute Gasteiger partial charge is 0.379 e. The van der Waals surface area contributed by atoms with Gasteiger partial charge in [-0.05, 0) is 18.8 Å². The average molecular weight is 262 g/mol. The molecule has 2 fully saturated rings. The fraction of sp³-hybridized carbons (Fsp3) is 1.00. The molecule has 0 aromatic heterocycles. The Morgan fingerprint density at radius 3 is 2.24 bits per heavy atom. The summed E-state index contributed by atoms with van der Waals surface area (Å²) < 4.78 is 29.7. The van der Waals surface area contributed by atoms with Crippen LogP contribution in [0.5, 0.6) is 0 Å². The van der Waals surface area contributed by atoms with Crippen molar-refractivity contribution < 1.29 is 13.2 Å². The third-order valence-corrected chi connectivity index (χ3v) is 4.97. The molecule has 17 heavy (non-hydrogen) atoms. The minimum Gasteiger partial charge on any atom is -0.379 e. The molecule has 0 aromatic carbocycles. The van der Waals surface area contributed by atoms with Crippen molar-refractivity contribution in [3.63, 3.8) is 0 Å². The molecule has 6 heteroatoms. The molecule has 5 nitrogen and oxygen atoms in total. The number of ether oxygens (including phenoxy) is 1. The standard InChI is InChI=1S/C11H22N2O3S/c1-17(14,15)13-4-2-11(3-5-13)10-12-6-8-16-9-7-12/h11H,2-10H2,1H3. The molecule has 2 aliphatic rings. The number of hydrogen-bond donors (Lipinski definition) is 0. The maximum atomic E-state index is 11.4. The Morgan fingerprint density at radius 1 is 1.12 bits per heavy atom. The van der Waals surface area contributed by atoms with Crippen LogP contribution in [0.3, 0.4) is 0 Å². The van der Waals surface area contributed by atoms with Gasteiger partial charge in [-0.3, -0.25) is 4.90 Å². The minimum atomic E-state index is -2.98. The van der Waals surface area contributed by atoms with Crippen molar-refractivity contribution in [1.29, 1.82) is 0 Å². The Bertz CT molecular complexity index is 331. The van der Waals surface area contributed by atoms with Crippen molar-refractivity contribution >= 4 is 10.0 Å². The topological polar surface area (TPSA) is 49.9 Å². The fourth-order valence-electron chi connectivity index (χ4n) is 2.57. The normalized spacial score (nSPS) is 26.2. The molecular formula is C11H22N2O3S. The highest BCUT2D eigenvalue weighted by Gasteiger charge is 2.26. The highest BCUT2D eigenvalue weighted by Crippen LogP contribution is 2.20. The number of sulfonamides is 1. The lowest BCUT2D eigenvalue weighted by atomic mass is 9.97. The molecular weight excluding hydrogens is 240 g/mol. The van der Waals surface area contributed by atoms with Crippen molar-refractivity contribution in [3.8, 4) is 0 Å². The van der Waals surface area contributed by atoms with E-state index in [4.69, 9.17) is 4.74 Å². The molecule has 0 saturated carbocycles. The van der Waals surface area contributed by atoms with E-state index < -0.39 is 10.0 Å². The summed E-state index contributed by atoms with van der Waals surface area (Å²) in [5.41, 5.74) is 0. The van der Waals surface area contributed by atoms with E-state index in [-0.39, 0.29) is 0 Å². The lowest BCUT2D eigenvalue weighted by molar-refractivity contribution is 0.0269. The SMILES string of the molecule is CS(=O)(=O)N1CCC(CN2CCOCC2)CC1. The molecule has 2 aliphatic heterocycles. The molecule has 0 unspecified atom stereocenters. The summed E-state index contributed by atoms with van der Waals surface area (Å²) in [6.07, 6.45) is 3.28. The average Bonchev–Trinajstić information content (AvgIpc) is 2.30. The van der Waals surface area contributed by atoms with Crippen molar-refractivity contribution in [2.75, 3.05) is 52.2 Å². The first-order valence-corrected chi connectivity index (χ1v) is 8.16. The first kappa shape index (κ1) is 13.3. The molecule has 0 spiro atoms. The van der Waals surface area contributed by atoms with E-state index in [1.54, 1.807) is 4.31 Å². The van der Waals surface area contributed by atoms with Gasteiger partial charge in [0, 0.05) is 32.7 Å². The number of morpholine rings is 1. The molecule has 100 valence electrons. The van der Waals surface area contributed by atoms with E-state index in [1.807, 2.05) is 0 Å². The number of rotatable bonds is 3. The monoisotopic (exact) mass is 262 g/mol. The van der Waals surface area contributed by atoms with E-state index in [2.05, 4.69) is 4.90 Å². The summed E-state index contributed by atoms with van der Waals surface area (Å²) in [7, 11) is -2.98. The predicted octanol–water partition coefficient (Wildman–Crippen LogP) is -0.00980. The van der Waals surface area contributed by atoms with Crippen molar-refractivity contribution in [3.05, 3.63) is 0 Å². The maximum Gasteiger partial charge on any atom is 0.211 e. The summed E-state index contributed by atoms with van der Waals surface area (Å²) >= 11 is 0.